The van der Waals surface area contributed by atoms with Crippen LogP contribution in [0.2, 0.25) is 16.6 Å². The van der Waals surface area contributed by atoms with E-state index in [1.54, 1.807) is 0 Å². The van der Waals surface area contributed by atoms with Gasteiger partial charge in [0.05, 0.1) is 0 Å². The van der Waals surface area contributed by atoms with Crippen LogP contribution in [0.1, 0.15) is 30.0 Å². The quantitative estimate of drug-likeness (QED) is 0.635. The van der Waals surface area contributed by atoms with Gasteiger partial charge in [0.2, 0.25) is 0 Å². The molecule has 0 unspecified atom stereocenters. The van der Waals surface area contributed by atoms with Crippen LogP contribution in [0.15, 0.2) is 27.8 Å². The summed E-state index contributed by atoms with van der Waals surface area (Å²) >= 11 is -2.17. The number of hydrogen-bond acceptors (Lipinski definition) is 3. The van der Waals surface area contributed by atoms with Crippen LogP contribution in [-0.2, 0) is 6.54 Å². The molecule has 0 spiro atoms. The van der Waals surface area contributed by atoms with E-state index in [2.05, 4.69) is 55.7 Å². The number of rotatable bonds is 6. The Balaban J connectivity index is 2.23. The van der Waals surface area contributed by atoms with Gasteiger partial charge in [0.1, 0.15) is 0 Å². The van der Waals surface area contributed by atoms with E-state index in [1.807, 2.05) is 0 Å². The van der Waals surface area contributed by atoms with Crippen LogP contribution in [0.3, 0.4) is 0 Å². The second-order valence-electron chi connectivity index (χ2n) is 6.64. The van der Waals surface area contributed by atoms with Gasteiger partial charge in [0.25, 0.3) is 0 Å². The van der Waals surface area contributed by atoms with Gasteiger partial charge in [0, 0.05) is 0 Å². The normalized spacial score (nSPS) is 11.9. The van der Waals surface area contributed by atoms with Crippen LogP contribution in [0, 0.1) is 13.8 Å². The minimum atomic E-state index is -2.17. The molecule has 0 aliphatic heterocycles. The summed E-state index contributed by atoms with van der Waals surface area (Å²) in [6.07, 6.45) is 1.06. The molecule has 0 aromatic heterocycles. The molecule has 1 N–H and O–H groups in total. The Morgan fingerprint density at radius 2 is 1.59 bits per heavy atom. The molecule has 2 rings (SSSR count). The molecular weight excluding hydrogens is 337 g/mol. The maximum atomic E-state index is 12.0. The van der Waals surface area contributed by atoms with E-state index in [9.17, 15) is 9.59 Å². The second kappa shape index (κ2) is 6.42. The van der Waals surface area contributed by atoms with Gasteiger partial charge in [-0.1, -0.05) is 0 Å². The topological polar surface area (TPSA) is 46.2 Å². The van der Waals surface area contributed by atoms with E-state index >= 15 is 0 Å². The molecule has 119 valence electrons. The average molecular weight is 362 g/mol. The van der Waals surface area contributed by atoms with Crippen molar-refractivity contribution in [3.05, 3.63) is 55.3 Å². The van der Waals surface area contributed by atoms with Gasteiger partial charge in [-0.25, -0.2) is 0 Å². The Bertz CT molecular complexity index is 735. The summed E-state index contributed by atoms with van der Waals surface area (Å²) in [7, 11) is 0. The number of aryl methyl sites for hydroxylation is 2. The summed E-state index contributed by atoms with van der Waals surface area (Å²) in [5.41, 5.74) is 8.01. The second-order valence-corrected chi connectivity index (χ2v) is 15.6. The number of benzene rings is 1. The third kappa shape index (κ3) is 3.35. The van der Waals surface area contributed by atoms with Crippen LogP contribution in [0.4, 0.5) is 5.69 Å². The van der Waals surface area contributed by atoms with Crippen LogP contribution < -0.4 is 20.5 Å². The standard InChI is InChI=1S/C18H25AsNO2/c1-6-7-19(4,5)15-16(18(22)17(15)21)20-11-14-9-12(2)8-13(3)10-14/h8-10,20H,6-7,11H2,1-5H3. The van der Waals surface area contributed by atoms with Crippen molar-refractivity contribution in [2.75, 3.05) is 5.32 Å². The molecule has 0 saturated heterocycles. The summed E-state index contributed by atoms with van der Waals surface area (Å²) in [5, 5.41) is 4.31. The number of nitrogens with one attached hydrogen (secondary N) is 1. The predicted molar refractivity (Wildman–Crippen MR) is 96.8 cm³/mol. The van der Waals surface area contributed by atoms with Crippen LogP contribution in [-0.4, -0.2) is 13.6 Å². The molecule has 2 aromatic rings. The molecule has 0 amide bonds. The monoisotopic (exact) mass is 362 g/mol. The predicted octanol–water partition coefficient (Wildman–Crippen LogP) is 2.84. The first kappa shape index (κ1) is 17.0. The zero-order valence-corrected chi connectivity index (χ0v) is 16.0. The molecule has 0 aliphatic carbocycles. The fraction of sp³-hybridized carbons (Fsp3) is 0.444. The molecule has 0 saturated carbocycles. The Labute approximate surface area is 134 Å². The summed E-state index contributed by atoms with van der Waals surface area (Å²) < 4.78 is 0.842. The van der Waals surface area contributed by atoms with E-state index in [4.69, 9.17) is 0 Å². The Morgan fingerprint density at radius 1 is 1.00 bits per heavy atom. The molecule has 0 aliphatic rings. The van der Waals surface area contributed by atoms with Gasteiger partial charge in [-0.15, -0.1) is 0 Å². The third-order valence-corrected chi connectivity index (χ3v) is 10.7. The van der Waals surface area contributed by atoms with Crippen molar-refractivity contribution in [1.82, 2.24) is 0 Å². The zero-order valence-electron chi connectivity index (χ0n) is 14.1. The van der Waals surface area contributed by atoms with Crippen molar-refractivity contribution in [3.63, 3.8) is 0 Å². The SMILES string of the molecule is CCC[As](C)(C)c1c(NCc2cc(C)cc(C)c2)c(=O)c1=O. The van der Waals surface area contributed by atoms with Crippen LogP contribution >= 0.6 is 0 Å². The third-order valence-electron chi connectivity index (χ3n) is 4.02. The summed E-state index contributed by atoms with van der Waals surface area (Å²) in [6.45, 7) is 6.87. The zero-order chi connectivity index (χ0) is 16.5. The molecule has 0 bridgehead atoms. The van der Waals surface area contributed by atoms with E-state index in [-0.39, 0.29) is 10.9 Å². The van der Waals surface area contributed by atoms with Gasteiger partial charge in [-0.3, -0.25) is 0 Å². The van der Waals surface area contributed by atoms with Crippen molar-refractivity contribution in [2.45, 2.75) is 50.4 Å². The van der Waals surface area contributed by atoms with Gasteiger partial charge < -0.3 is 0 Å². The maximum absolute atomic E-state index is 12.0. The summed E-state index contributed by atoms with van der Waals surface area (Å²) in [4.78, 5) is 23.9. The average Bonchev–Trinajstić information content (AvgIpc) is 2.40. The van der Waals surface area contributed by atoms with E-state index in [0.717, 1.165) is 21.5 Å². The Kier molecular flexibility index (Phi) is 4.96. The molecule has 0 heterocycles. The molecule has 2 aromatic carbocycles. The Hall–Kier alpha value is -1.34. The van der Waals surface area contributed by atoms with E-state index in [0.29, 0.717) is 12.2 Å². The Morgan fingerprint density at radius 3 is 2.14 bits per heavy atom. The molecule has 22 heavy (non-hydrogen) atoms. The first-order chi connectivity index (χ1) is 10.3. The summed E-state index contributed by atoms with van der Waals surface area (Å²) in [5.74, 6) is 0. The van der Waals surface area contributed by atoms with Crippen molar-refractivity contribution in [1.29, 1.82) is 0 Å². The van der Waals surface area contributed by atoms with Gasteiger partial charge in [-0.2, -0.15) is 0 Å². The van der Waals surface area contributed by atoms with Gasteiger partial charge >= 0.3 is 135 Å². The van der Waals surface area contributed by atoms with Gasteiger partial charge in [-0.05, 0) is 0 Å². The minimum absolute atomic E-state index is 0.242. The van der Waals surface area contributed by atoms with Crippen LogP contribution in [0.5, 0.6) is 0 Å². The van der Waals surface area contributed by atoms with Crippen molar-refractivity contribution >= 4 is 23.6 Å². The van der Waals surface area contributed by atoms with Crippen molar-refractivity contribution in [3.8, 4) is 0 Å². The first-order valence-electron chi connectivity index (χ1n) is 7.74. The van der Waals surface area contributed by atoms with Crippen LogP contribution in [0.25, 0.3) is 0 Å². The molecular formula is C18H25AsNO2. The van der Waals surface area contributed by atoms with Crippen molar-refractivity contribution < 1.29 is 0 Å². The first-order valence-corrected chi connectivity index (χ1v) is 13.8. The summed E-state index contributed by atoms with van der Waals surface area (Å²) in [6, 6.07) is 6.36. The molecule has 0 fully saturated rings. The van der Waals surface area contributed by atoms with Crippen molar-refractivity contribution in [2.24, 2.45) is 0 Å². The van der Waals surface area contributed by atoms with Gasteiger partial charge in [0.15, 0.2) is 0 Å². The number of hydrogen-bond donors (Lipinski definition) is 1. The fourth-order valence-corrected chi connectivity index (χ4v) is 8.98. The van der Waals surface area contributed by atoms with E-state index < -0.39 is 13.6 Å². The number of anilines is 1. The molecule has 3 nitrogen and oxygen atoms in total. The molecule has 0 atom stereocenters. The fourth-order valence-electron chi connectivity index (χ4n) is 3.15. The van der Waals surface area contributed by atoms with E-state index in [1.165, 1.54) is 11.1 Å². The molecule has 4 heteroatoms. The molecule has 1 radical (unpaired) electrons.